The van der Waals surface area contributed by atoms with Crippen molar-refractivity contribution in [2.24, 2.45) is 4.99 Å². The Bertz CT molecular complexity index is 671. The Kier molecular flexibility index (Phi) is 6.15. The molecule has 0 aliphatic carbocycles. The standard InChI is InChI=1S/C18H22BrNO4/c1-4-23-16(21)8-9-18(11-17(22)24-5-2)15-10-13(19)6-7-14(15)12(3)20-18/h6-7,10H,4-5,8-9,11H2,1-3H3. The molecule has 0 radical (unpaired) electrons. The van der Waals surface area contributed by atoms with Crippen molar-refractivity contribution in [3.63, 3.8) is 0 Å². The van der Waals surface area contributed by atoms with Gasteiger partial charge >= 0.3 is 11.9 Å². The fourth-order valence-corrected chi connectivity index (χ4v) is 3.43. The van der Waals surface area contributed by atoms with Crippen molar-refractivity contribution in [3.8, 4) is 0 Å². The number of carbonyl (C=O) groups excluding carboxylic acids is 2. The van der Waals surface area contributed by atoms with Gasteiger partial charge in [0.05, 0.1) is 25.2 Å². The lowest BCUT2D eigenvalue weighted by molar-refractivity contribution is -0.147. The Morgan fingerprint density at radius 2 is 1.83 bits per heavy atom. The van der Waals surface area contributed by atoms with Crippen molar-refractivity contribution in [3.05, 3.63) is 33.8 Å². The number of aliphatic imine (C=N–C) groups is 1. The number of hydrogen-bond donors (Lipinski definition) is 0. The molecule has 1 heterocycles. The van der Waals surface area contributed by atoms with Crippen LogP contribution in [0.5, 0.6) is 0 Å². The zero-order chi connectivity index (χ0) is 17.7. The van der Waals surface area contributed by atoms with E-state index in [1.807, 2.05) is 25.1 Å². The van der Waals surface area contributed by atoms with Gasteiger partial charge in [0.1, 0.15) is 0 Å². The summed E-state index contributed by atoms with van der Waals surface area (Å²) in [6, 6.07) is 5.90. The van der Waals surface area contributed by atoms with Crippen molar-refractivity contribution in [2.45, 2.75) is 45.6 Å². The van der Waals surface area contributed by atoms with Crippen LogP contribution in [0.1, 0.15) is 51.2 Å². The monoisotopic (exact) mass is 395 g/mol. The molecule has 0 saturated carbocycles. The smallest absolute Gasteiger partial charge is 0.308 e. The number of hydrogen-bond acceptors (Lipinski definition) is 5. The molecule has 130 valence electrons. The Hall–Kier alpha value is -1.69. The molecule has 24 heavy (non-hydrogen) atoms. The fourth-order valence-electron chi connectivity index (χ4n) is 3.06. The van der Waals surface area contributed by atoms with Crippen molar-refractivity contribution < 1.29 is 19.1 Å². The van der Waals surface area contributed by atoms with Crippen LogP contribution in [0.3, 0.4) is 0 Å². The summed E-state index contributed by atoms with van der Waals surface area (Å²) in [5, 5.41) is 0. The topological polar surface area (TPSA) is 65.0 Å². The number of benzene rings is 1. The second-order valence-corrected chi connectivity index (χ2v) is 6.62. The molecule has 1 atom stereocenters. The van der Waals surface area contributed by atoms with E-state index in [4.69, 9.17) is 14.5 Å². The van der Waals surface area contributed by atoms with Gasteiger partial charge in [0.25, 0.3) is 0 Å². The minimum Gasteiger partial charge on any atom is -0.466 e. The highest BCUT2D eigenvalue weighted by Gasteiger charge is 2.41. The van der Waals surface area contributed by atoms with Gasteiger partial charge in [-0.3, -0.25) is 14.6 Å². The van der Waals surface area contributed by atoms with E-state index in [-0.39, 0.29) is 24.8 Å². The largest absolute Gasteiger partial charge is 0.466 e. The second-order valence-electron chi connectivity index (χ2n) is 5.71. The lowest BCUT2D eigenvalue weighted by Crippen LogP contribution is -2.28. The summed E-state index contributed by atoms with van der Waals surface area (Å²) in [4.78, 5) is 28.7. The molecule has 1 aliphatic rings. The van der Waals surface area contributed by atoms with Gasteiger partial charge in [0, 0.05) is 22.2 Å². The predicted octanol–water partition coefficient (Wildman–Crippen LogP) is 3.76. The van der Waals surface area contributed by atoms with Gasteiger partial charge in [-0.15, -0.1) is 0 Å². The first-order valence-electron chi connectivity index (χ1n) is 8.10. The van der Waals surface area contributed by atoms with Crippen LogP contribution >= 0.6 is 15.9 Å². The SMILES string of the molecule is CCOC(=O)CCC1(CC(=O)OCC)N=C(C)c2ccc(Br)cc21. The molecule has 6 heteroatoms. The molecule has 0 N–H and O–H groups in total. The van der Waals surface area contributed by atoms with Crippen molar-refractivity contribution >= 4 is 33.6 Å². The molecule has 1 aromatic carbocycles. The maximum Gasteiger partial charge on any atom is 0.308 e. The Balaban J connectivity index is 2.36. The summed E-state index contributed by atoms with van der Waals surface area (Å²) in [6.07, 6.45) is 0.725. The molecule has 1 aliphatic heterocycles. The quantitative estimate of drug-likeness (QED) is 0.659. The van der Waals surface area contributed by atoms with Crippen molar-refractivity contribution in [1.29, 1.82) is 0 Å². The van der Waals surface area contributed by atoms with Gasteiger partial charge in [-0.2, -0.15) is 0 Å². The van der Waals surface area contributed by atoms with E-state index < -0.39 is 5.54 Å². The van der Waals surface area contributed by atoms with Crippen LogP contribution in [0.4, 0.5) is 0 Å². The first kappa shape index (κ1) is 18.6. The minimum absolute atomic E-state index is 0.112. The van der Waals surface area contributed by atoms with Gasteiger partial charge in [-0.1, -0.05) is 22.0 Å². The summed E-state index contributed by atoms with van der Waals surface area (Å²) in [7, 11) is 0. The predicted molar refractivity (Wildman–Crippen MR) is 95.1 cm³/mol. The summed E-state index contributed by atoms with van der Waals surface area (Å²) in [5.74, 6) is -0.595. The fraction of sp³-hybridized carbons (Fsp3) is 0.500. The van der Waals surface area contributed by atoms with E-state index in [2.05, 4.69) is 15.9 Å². The van der Waals surface area contributed by atoms with E-state index in [1.54, 1.807) is 13.8 Å². The number of ether oxygens (including phenoxy) is 2. The number of esters is 2. The molecule has 0 bridgehead atoms. The highest BCUT2D eigenvalue weighted by molar-refractivity contribution is 9.10. The molecule has 0 saturated heterocycles. The van der Waals surface area contributed by atoms with E-state index in [9.17, 15) is 9.59 Å². The van der Waals surface area contributed by atoms with E-state index in [0.29, 0.717) is 19.6 Å². The minimum atomic E-state index is -0.776. The van der Waals surface area contributed by atoms with E-state index in [1.165, 1.54) is 0 Å². The van der Waals surface area contributed by atoms with E-state index in [0.717, 1.165) is 21.3 Å². The number of rotatable bonds is 7. The lowest BCUT2D eigenvalue weighted by atomic mass is 9.82. The molecule has 0 spiro atoms. The first-order valence-corrected chi connectivity index (χ1v) is 8.89. The molecular weight excluding hydrogens is 374 g/mol. The van der Waals surface area contributed by atoms with Gasteiger partial charge in [0.15, 0.2) is 0 Å². The zero-order valence-electron chi connectivity index (χ0n) is 14.2. The Morgan fingerprint density at radius 1 is 1.17 bits per heavy atom. The number of nitrogens with zero attached hydrogens (tertiary/aromatic N) is 1. The molecule has 5 nitrogen and oxygen atoms in total. The Morgan fingerprint density at radius 3 is 2.50 bits per heavy atom. The molecule has 0 fully saturated rings. The average Bonchev–Trinajstić information content (AvgIpc) is 2.78. The highest BCUT2D eigenvalue weighted by Crippen LogP contribution is 2.43. The third-order valence-corrected chi connectivity index (χ3v) is 4.54. The second kappa shape index (κ2) is 7.92. The van der Waals surface area contributed by atoms with Crippen LogP contribution in [0.2, 0.25) is 0 Å². The summed E-state index contributed by atoms with van der Waals surface area (Å²) < 4.78 is 11.1. The molecular formula is C18H22BrNO4. The molecule has 2 rings (SSSR count). The van der Waals surface area contributed by atoms with Crippen LogP contribution in [0.15, 0.2) is 27.7 Å². The van der Waals surface area contributed by atoms with Crippen LogP contribution in [0, 0.1) is 0 Å². The maximum absolute atomic E-state index is 12.2. The summed E-state index contributed by atoms with van der Waals surface area (Å²) in [5.41, 5.74) is 2.05. The van der Waals surface area contributed by atoms with Crippen LogP contribution in [-0.2, 0) is 24.6 Å². The molecule has 1 unspecified atom stereocenters. The third kappa shape index (κ3) is 4.04. The molecule has 0 amide bonds. The maximum atomic E-state index is 12.2. The van der Waals surface area contributed by atoms with Gasteiger partial charge < -0.3 is 9.47 Å². The molecule has 0 aromatic heterocycles. The van der Waals surface area contributed by atoms with E-state index >= 15 is 0 Å². The first-order chi connectivity index (χ1) is 11.4. The third-order valence-electron chi connectivity index (χ3n) is 4.04. The van der Waals surface area contributed by atoms with Crippen LogP contribution in [0.25, 0.3) is 0 Å². The van der Waals surface area contributed by atoms with Crippen LogP contribution < -0.4 is 0 Å². The number of halogens is 1. The summed E-state index contributed by atoms with van der Waals surface area (Å²) in [6.45, 7) is 6.13. The number of fused-ring (bicyclic) bond motifs is 1. The average molecular weight is 396 g/mol. The van der Waals surface area contributed by atoms with Gasteiger partial charge in [0.2, 0.25) is 0 Å². The highest BCUT2D eigenvalue weighted by atomic mass is 79.9. The van der Waals surface area contributed by atoms with Gasteiger partial charge in [-0.25, -0.2) is 0 Å². The molecule has 1 aromatic rings. The summed E-state index contributed by atoms with van der Waals surface area (Å²) >= 11 is 3.48. The van der Waals surface area contributed by atoms with Crippen molar-refractivity contribution in [2.75, 3.05) is 13.2 Å². The van der Waals surface area contributed by atoms with Crippen molar-refractivity contribution in [1.82, 2.24) is 0 Å². The van der Waals surface area contributed by atoms with Gasteiger partial charge in [-0.05, 0) is 44.9 Å². The normalized spacial score (nSPS) is 18.8. The van der Waals surface area contributed by atoms with Crippen LogP contribution in [-0.4, -0.2) is 30.9 Å². The Labute approximate surface area is 150 Å². The number of carbonyl (C=O) groups is 2. The lowest BCUT2D eigenvalue weighted by Gasteiger charge is -2.27. The zero-order valence-corrected chi connectivity index (χ0v) is 15.8.